The largest absolute Gasteiger partial charge is 0.360 e. The van der Waals surface area contributed by atoms with E-state index in [2.05, 4.69) is 45.7 Å². The van der Waals surface area contributed by atoms with E-state index in [0.29, 0.717) is 17.6 Å². The first-order chi connectivity index (χ1) is 11.1. The molecule has 6 heteroatoms. The van der Waals surface area contributed by atoms with Crippen LogP contribution in [0.3, 0.4) is 0 Å². The zero-order valence-corrected chi connectivity index (χ0v) is 13.4. The molecule has 6 nitrogen and oxygen atoms in total. The predicted molar refractivity (Wildman–Crippen MR) is 90.4 cm³/mol. The Morgan fingerprint density at radius 3 is 2.39 bits per heavy atom. The lowest BCUT2D eigenvalue weighted by Gasteiger charge is -2.14. The minimum Gasteiger partial charge on any atom is -0.360 e. The van der Waals surface area contributed by atoms with E-state index in [4.69, 9.17) is 4.52 Å². The van der Waals surface area contributed by atoms with E-state index in [-0.39, 0.29) is 0 Å². The smallest absolute Gasteiger partial charge is 0.175 e. The molecule has 118 valence electrons. The molecule has 0 saturated carbocycles. The van der Waals surface area contributed by atoms with Crippen molar-refractivity contribution in [2.45, 2.75) is 26.7 Å². The van der Waals surface area contributed by atoms with E-state index in [1.165, 1.54) is 11.9 Å². The monoisotopic (exact) mass is 309 g/mol. The number of nitrogens with one attached hydrogen (secondary N) is 2. The van der Waals surface area contributed by atoms with Crippen molar-refractivity contribution < 1.29 is 4.52 Å². The van der Waals surface area contributed by atoms with E-state index in [1.807, 2.05) is 37.3 Å². The number of rotatable bonds is 5. The third kappa shape index (κ3) is 3.66. The first-order valence-corrected chi connectivity index (χ1v) is 7.50. The average Bonchev–Trinajstić information content (AvgIpc) is 2.93. The second-order valence-electron chi connectivity index (χ2n) is 5.60. The van der Waals surface area contributed by atoms with Gasteiger partial charge >= 0.3 is 0 Å². The minimum atomic E-state index is 0.427. The molecule has 2 aromatic heterocycles. The molecule has 0 unspecified atom stereocenters. The van der Waals surface area contributed by atoms with Gasteiger partial charge in [0.15, 0.2) is 5.82 Å². The maximum Gasteiger partial charge on any atom is 0.175 e. The molecule has 0 aliphatic rings. The molecule has 0 aliphatic heterocycles. The van der Waals surface area contributed by atoms with Gasteiger partial charge in [0.25, 0.3) is 0 Å². The molecule has 0 amide bonds. The summed E-state index contributed by atoms with van der Waals surface area (Å²) in [6.45, 7) is 6.18. The van der Waals surface area contributed by atoms with Gasteiger partial charge in [-0.05, 0) is 24.5 Å². The van der Waals surface area contributed by atoms with Crippen LogP contribution in [0, 0.1) is 6.92 Å². The van der Waals surface area contributed by atoms with Gasteiger partial charge in [-0.15, -0.1) is 0 Å². The van der Waals surface area contributed by atoms with Crippen LogP contribution < -0.4 is 10.6 Å². The third-order valence-corrected chi connectivity index (χ3v) is 3.40. The van der Waals surface area contributed by atoms with E-state index in [9.17, 15) is 0 Å². The summed E-state index contributed by atoms with van der Waals surface area (Å²) < 4.78 is 5.03. The minimum absolute atomic E-state index is 0.427. The SMILES string of the molecule is Cc1cc(Nc2cc(Nc3ccccc3C(C)C)ncn2)no1. The Morgan fingerprint density at radius 1 is 0.957 bits per heavy atom. The second-order valence-corrected chi connectivity index (χ2v) is 5.60. The summed E-state index contributed by atoms with van der Waals surface area (Å²) in [5.41, 5.74) is 2.29. The molecule has 3 aromatic rings. The summed E-state index contributed by atoms with van der Waals surface area (Å²) in [7, 11) is 0. The van der Waals surface area contributed by atoms with Crippen molar-refractivity contribution >= 4 is 23.1 Å². The molecule has 2 N–H and O–H groups in total. The van der Waals surface area contributed by atoms with Crippen LogP contribution in [0.2, 0.25) is 0 Å². The molecule has 0 atom stereocenters. The number of hydrogen-bond donors (Lipinski definition) is 2. The van der Waals surface area contributed by atoms with Crippen LogP contribution >= 0.6 is 0 Å². The molecule has 0 aliphatic carbocycles. The normalized spacial score (nSPS) is 10.8. The Balaban J connectivity index is 1.80. The first kappa shape index (κ1) is 15.0. The van der Waals surface area contributed by atoms with E-state index >= 15 is 0 Å². The molecule has 1 aromatic carbocycles. The quantitative estimate of drug-likeness (QED) is 0.728. The Labute approximate surface area is 135 Å². The Kier molecular flexibility index (Phi) is 4.23. The second kappa shape index (κ2) is 6.48. The number of aryl methyl sites for hydroxylation is 1. The summed E-state index contributed by atoms with van der Waals surface area (Å²) >= 11 is 0. The van der Waals surface area contributed by atoms with Crippen LogP contribution in [-0.4, -0.2) is 15.1 Å². The van der Waals surface area contributed by atoms with E-state index in [1.54, 1.807) is 0 Å². The molecule has 0 saturated heterocycles. The van der Waals surface area contributed by atoms with Gasteiger partial charge in [-0.3, -0.25) is 0 Å². The maximum atomic E-state index is 5.03. The number of nitrogens with zero attached hydrogens (tertiary/aromatic N) is 3. The van der Waals surface area contributed by atoms with Gasteiger partial charge < -0.3 is 15.2 Å². The van der Waals surface area contributed by atoms with Crippen LogP contribution in [-0.2, 0) is 0 Å². The summed E-state index contributed by atoms with van der Waals surface area (Å²) in [5, 5.41) is 10.3. The molecule has 3 rings (SSSR count). The molecule has 2 heterocycles. The lowest BCUT2D eigenvalue weighted by molar-refractivity contribution is 0.400. The fraction of sp³-hybridized carbons (Fsp3) is 0.235. The van der Waals surface area contributed by atoms with Crippen LogP contribution in [0.15, 0.2) is 47.2 Å². The fourth-order valence-corrected chi connectivity index (χ4v) is 2.30. The number of para-hydroxylation sites is 1. The van der Waals surface area contributed by atoms with Gasteiger partial charge in [-0.25, -0.2) is 9.97 Å². The lowest BCUT2D eigenvalue weighted by Crippen LogP contribution is -2.01. The standard InChI is InChI=1S/C17H19N5O/c1-11(2)13-6-4-5-7-14(13)20-15-9-16(19-10-18-15)21-17-8-12(3)23-22-17/h4-11H,1-3H3,(H2,18,19,20,21,22). The molecular formula is C17H19N5O. The summed E-state index contributed by atoms with van der Waals surface area (Å²) in [4.78, 5) is 8.48. The molecule has 0 radical (unpaired) electrons. The van der Waals surface area contributed by atoms with Crippen molar-refractivity contribution in [3.8, 4) is 0 Å². The molecule has 0 fully saturated rings. The third-order valence-electron chi connectivity index (χ3n) is 3.40. The van der Waals surface area contributed by atoms with Crippen LogP contribution in [0.1, 0.15) is 31.1 Å². The highest BCUT2D eigenvalue weighted by molar-refractivity contribution is 5.64. The van der Waals surface area contributed by atoms with Crippen LogP contribution in [0.5, 0.6) is 0 Å². The summed E-state index contributed by atoms with van der Waals surface area (Å²) in [6, 6.07) is 11.9. The van der Waals surface area contributed by atoms with Crippen molar-refractivity contribution in [3.63, 3.8) is 0 Å². The lowest BCUT2D eigenvalue weighted by atomic mass is 10.0. The van der Waals surface area contributed by atoms with Crippen LogP contribution in [0.4, 0.5) is 23.1 Å². The van der Waals surface area contributed by atoms with Gasteiger partial charge in [0, 0.05) is 17.8 Å². The number of benzene rings is 1. The number of anilines is 4. The topological polar surface area (TPSA) is 75.9 Å². The Bertz CT molecular complexity index is 797. The highest BCUT2D eigenvalue weighted by Crippen LogP contribution is 2.26. The van der Waals surface area contributed by atoms with Crippen molar-refractivity contribution in [1.29, 1.82) is 0 Å². The van der Waals surface area contributed by atoms with Crippen molar-refractivity contribution in [2.24, 2.45) is 0 Å². The molecular weight excluding hydrogens is 290 g/mol. The van der Waals surface area contributed by atoms with Crippen molar-refractivity contribution in [1.82, 2.24) is 15.1 Å². The summed E-state index contributed by atoms with van der Waals surface area (Å²) in [6.07, 6.45) is 1.51. The summed E-state index contributed by atoms with van der Waals surface area (Å²) in [5.74, 6) is 3.16. The van der Waals surface area contributed by atoms with Crippen molar-refractivity contribution in [2.75, 3.05) is 10.6 Å². The predicted octanol–water partition coefficient (Wildman–Crippen LogP) is 4.38. The Morgan fingerprint density at radius 2 is 1.70 bits per heavy atom. The highest BCUT2D eigenvalue weighted by atomic mass is 16.5. The van der Waals surface area contributed by atoms with E-state index < -0.39 is 0 Å². The van der Waals surface area contributed by atoms with Crippen molar-refractivity contribution in [3.05, 3.63) is 54.0 Å². The first-order valence-electron chi connectivity index (χ1n) is 7.50. The van der Waals surface area contributed by atoms with Gasteiger partial charge in [-0.2, -0.15) is 0 Å². The zero-order chi connectivity index (χ0) is 16.2. The van der Waals surface area contributed by atoms with Gasteiger partial charge in [0.05, 0.1) is 0 Å². The van der Waals surface area contributed by atoms with Gasteiger partial charge in [0.1, 0.15) is 23.7 Å². The highest BCUT2D eigenvalue weighted by Gasteiger charge is 2.08. The van der Waals surface area contributed by atoms with Gasteiger partial charge in [0.2, 0.25) is 0 Å². The molecule has 23 heavy (non-hydrogen) atoms. The van der Waals surface area contributed by atoms with Crippen LogP contribution in [0.25, 0.3) is 0 Å². The average molecular weight is 309 g/mol. The molecule has 0 bridgehead atoms. The zero-order valence-electron chi connectivity index (χ0n) is 13.4. The van der Waals surface area contributed by atoms with E-state index in [0.717, 1.165) is 17.3 Å². The number of aromatic nitrogens is 3. The maximum absolute atomic E-state index is 5.03. The molecule has 0 spiro atoms. The Hall–Kier alpha value is -2.89. The number of hydrogen-bond acceptors (Lipinski definition) is 6. The van der Waals surface area contributed by atoms with Gasteiger partial charge in [-0.1, -0.05) is 37.2 Å². The fourth-order valence-electron chi connectivity index (χ4n) is 2.30.